The first-order valence-corrected chi connectivity index (χ1v) is 6.96. The quantitative estimate of drug-likeness (QED) is 0.838. The molecule has 0 aliphatic rings. The molecule has 1 atom stereocenters. The lowest BCUT2D eigenvalue weighted by Gasteiger charge is -2.22. The van der Waals surface area contributed by atoms with Crippen molar-refractivity contribution in [2.75, 3.05) is 11.9 Å². The normalized spacial score (nSPS) is 13.1. The van der Waals surface area contributed by atoms with Crippen LogP contribution in [0.4, 0.5) is 5.69 Å². The van der Waals surface area contributed by atoms with Crippen LogP contribution in [0.25, 0.3) is 0 Å². The highest BCUT2D eigenvalue weighted by Gasteiger charge is 2.15. The monoisotopic (exact) mass is 286 g/mol. The van der Waals surface area contributed by atoms with Crippen molar-refractivity contribution in [2.45, 2.75) is 40.3 Å². The number of halogens is 1. The van der Waals surface area contributed by atoms with E-state index in [1.807, 2.05) is 13.8 Å². The number of hydrogen-bond donors (Lipinski definition) is 2. The average Bonchev–Trinajstić information content (AvgIpc) is 2.33. The Balaban J connectivity index is 2.99. The molecule has 0 amide bonds. The Morgan fingerprint density at radius 1 is 1.42 bits per heavy atom. The van der Waals surface area contributed by atoms with Gasteiger partial charge >= 0.3 is 0 Å². The molecule has 0 aromatic carbocycles. The van der Waals surface area contributed by atoms with Crippen molar-refractivity contribution in [1.29, 1.82) is 0 Å². The predicted octanol–water partition coefficient (Wildman–Crippen LogP) is 1.95. The first-order chi connectivity index (χ1) is 8.86. The Bertz CT molecular complexity index is 470. The lowest BCUT2D eigenvalue weighted by molar-refractivity contribution is 0.463. The van der Waals surface area contributed by atoms with Crippen LogP contribution in [0.1, 0.15) is 27.7 Å². The molecule has 1 rings (SSSR count). The van der Waals surface area contributed by atoms with Gasteiger partial charge in [0.1, 0.15) is 5.02 Å². The van der Waals surface area contributed by atoms with Crippen LogP contribution in [0.5, 0.6) is 0 Å². The van der Waals surface area contributed by atoms with E-state index in [1.165, 1.54) is 4.68 Å². The van der Waals surface area contributed by atoms with E-state index in [1.54, 1.807) is 6.20 Å². The molecule has 0 saturated carbocycles. The van der Waals surface area contributed by atoms with E-state index in [-0.39, 0.29) is 16.6 Å². The fourth-order valence-corrected chi connectivity index (χ4v) is 1.94. The van der Waals surface area contributed by atoms with E-state index in [4.69, 9.17) is 17.3 Å². The Labute approximate surface area is 119 Å². The second-order valence-corrected chi connectivity index (χ2v) is 5.86. The van der Waals surface area contributed by atoms with Crippen LogP contribution in [0.3, 0.4) is 0 Å². The molecule has 0 bridgehead atoms. The highest BCUT2D eigenvalue weighted by Crippen LogP contribution is 2.18. The molecule has 0 radical (unpaired) electrons. The third-order valence-electron chi connectivity index (χ3n) is 2.92. The second kappa shape index (κ2) is 6.91. The lowest BCUT2D eigenvalue weighted by Crippen LogP contribution is -2.35. The summed E-state index contributed by atoms with van der Waals surface area (Å²) >= 11 is 6.11. The summed E-state index contributed by atoms with van der Waals surface area (Å²) in [7, 11) is 0. The fraction of sp³-hybridized carbons (Fsp3) is 0.692. The second-order valence-electron chi connectivity index (χ2n) is 5.48. The molecule has 0 spiro atoms. The Hall–Kier alpha value is -1.07. The molecule has 1 heterocycles. The third kappa shape index (κ3) is 4.21. The van der Waals surface area contributed by atoms with Crippen molar-refractivity contribution in [3.05, 3.63) is 21.6 Å². The number of nitrogens with zero attached hydrogens (tertiary/aromatic N) is 2. The van der Waals surface area contributed by atoms with E-state index < -0.39 is 0 Å². The van der Waals surface area contributed by atoms with Crippen LogP contribution in [0.15, 0.2) is 11.0 Å². The van der Waals surface area contributed by atoms with Crippen molar-refractivity contribution in [1.82, 2.24) is 9.78 Å². The first kappa shape index (κ1) is 16.0. The summed E-state index contributed by atoms with van der Waals surface area (Å²) in [5.74, 6) is 0.687. The summed E-state index contributed by atoms with van der Waals surface area (Å²) in [6, 6.07) is 0.0691. The maximum absolute atomic E-state index is 12.1. The van der Waals surface area contributed by atoms with Gasteiger partial charge in [-0.25, -0.2) is 4.68 Å². The van der Waals surface area contributed by atoms with Crippen LogP contribution in [-0.2, 0) is 6.54 Å². The predicted molar refractivity (Wildman–Crippen MR) is 79.6 cm³/mol. The molecule has 6 heteroatoms. The van der Waals surface area contributed by atoms with Gasteiger partial charge in [-0.3, -0.25) is 4.79 Å². The number of hydrogen-bond acceptors (Lipinski definition) is 4. The zero-order valence-corrected chi connectivity index (χ0v) is 12.7. The number of rotatable bonds is 6. The van der Waals surface area contributed by atoms with E-state index >= 15 is 0 Å². The van der Waals surface area contributed by atoms with Gasteiger partial charge in [0.2, 0.25) is 0 Å². The van der Waals surface area contributed by atoms with Crippen LogP contribution >= 0.6 is 11.6 Å². The van der Waals surface area contributed by atoms with Gasteiger partial charge in [-0.05, 0) is 11.8 Å². The molecule has 1 aromatic rings. The molecule has 1 unspecified atom stereocenters. The minimum atomic E-state index is -0.264. The van der Waals surface area contributed by atoms with Gasteiger partial charge < -0.3 is 11.1 Å². The largest absolute Gasteiger partial charge is 0.378 e. The molecule has 3 N–H and O–H groups in total. The number of anilines is 1. The van der Waals surface area contributed by atoms with Gasteiger partial charge in [0.05, 0.1) is 11.9 Å². The van der Waals surface area contributed by atoms with Gasteiger partial charge in [-0.15, -0.1) is 0 Å². The summed E-state index contributed by atoms with van der Waals surface area (Å²) in [5, 5.41) is 7.50. The van der Waals surface area contributed by atoms with Crippen molar-refractivity contribution >= 4 is 17.3 Å². The SMILES string of the molecule is CC(C)Cn1ncc(NC(CN)C(C)C)c(Cl)c1=O. The summed E-state index contributed by atoms with van der Waals surface area (Å²) in [4.78, 5) is 12.1. The van der Waals surface area contributed by atoms with Gasteiger partial charge in [0, 0.05) is 19.1 Å². The molecular weight excluding hydrogens is 264 g/mol. The van der Waals surface area contributed by atoms with Crippen LogP contribution < -0.4 is 16.6 Å². The third-order valence-corrected chi connectivity index (χ3v) is 3.29. The zero-order valence-electron chi connectivity index (χ0n) is 12.0. The van der Waals surface area contributed by atoms with E-state index in [2.05, 4.69) is 24.3 Å². The van der Waals surface area contributed by atoms with E-state index in [9.17, 15) is 4.79 Å². The van der Waals surface area contributed by atoms with Gasteiger partial charge in [-0.2, -0.15) is 5.10 Å². The van der Waals surface area contributed by atoms with E-state index in [0.717, 1.165) is 0 Å². The summed E-state index contributed by atoms with van der Waals surface area (Å²) in [6.07, 6.45) is 1.59. The van der Waals surface area contributed by atoms with Crippen LogP contribution in [-0.4, -0.2) is 22.4 Å². The topological polar surface area (TPSA) is 72.9 Å². The zero-order chi connectivity index (χ0) is 14.6. The van der Waals surface area contributed by atoms with Crippen molar-refractivity contribution < 1.29 is 0 Å². The molecule has 0 fully saturated rings. The van der Waals surface area contributed by atoms with Crippen molar-refractivity contribution in [2.24, 2.45) is 17.6 Å². The van der Waals surface area contributed by atoms with Gasteiger partial charge in [0.25, 0.3) is 5.56 Å². The van der Waals surface area contributed by atoms with Crippen molar-refractivity contribution in [3.63, 3.8) is 0 Å². The molecule has 5 nitrogen and oxygen atoms in total. The molecule has 0 aliphatic carbocycles. The molecule has 0 aliphatic heterocycles. The van der Waals surface area contributed by atoms with Crippen LogP contribution in [0, 0.1) is 11.8 Å². The maximum atomic E-state index is 12.1. The fourth-order valence-electron chi connectivity index (χ4n) is 1.74. The summed E-state index contributed by atoms with van der Waals surface area (Å²) in [6.45, 7) is 9.21. The molecular formula is C13H23ClN4O. The van der Waals surface area contributed by atoms with Crippen LogP contribution in [0.2, 0.25) is 5.02 Å². The van der Waals surface area contributed by atoms with Gasteiger partial charge in [0.15, 0.2) is 0 Å². The molecule has 108 valence electrons. The number of nitrogens with one attached hydrogen (secondary N) is 1. The smallest absolute Gasteiger partial charge is 0.287 e. The van der Waals surface area contributed by atoms with Gasteiger partial charge in [-0.1, -0.05) is 39.3 Å². The standard InChI is InChI=1S/C13H23ClN4O/c1-8(2)7-18-13(19)12(14)11(6-16-18)17-10(5-15)9(3)4/h6,8-10,17H,5,7,15H2,1-4H3. The average molecular weight is 287 g/mol. The minimum Gasteiger partial charge on any atom is -0.378 e. The Morgan fingerprint density at radius 2 is 2.05 bits per heavy atom. The van der Waals surface area contributed by atoms with E-state index in [0.29, 0.717) is 30.6 Å². The molecule has 1 aromatic heterocycles. The minimum absolute atomic E-state index is 0.0691. The highest BCUT2D eigenvalue weighted by atomic mass is 35.5. The molecule has 0 saturated heterocycles. The number of aromatic nitrogens is 2. The summed E-state index contributed by atoms with van der Waals surface area (Å²) in [5.41, 5.74) is 5.98. The van der Waals surface area contributed by atoms with Crippen molar-refractivity contribution in [3.8, 4) is 0 Å². The molecule has 19 heavy (non-hydrogen) atoms. The first-order valence-electron chi connectivity index (χ1n) is 6.59. The highest BCUT2D eigenvalue weighted by molar-refractivity contribution is 6.32. The Morgan fingerprint density at radius 3 is 2.53 bits per heavy atom. The lowest BCUT2D eigenvalue weighted by atomic mass is 10.0. The number of nitrogens with two attached hydrogens (primary N) is 1. The Kier molecular flexibility index (Phi) is 5.82. The maximum Gasteiger partial charge on any atom is 0.287 e. The summed E-state index contributed by atoms with van der Waals surface area (Å²) < 4.78 is 1.39.